The van der Waals surface area contributed by atoms with Crippen molar-refractivity contribution >= 4 is 17.3 Å². The second-order valence-corrected chi connectivity index (χ2v) is 6.12. The van der Waals surface area contributed by atoms with Crippen LogP contribution in [0.1, 0.15) is 44.7 Å². The topological polar surface area (TPSA) is 58.4 Å². The minimum atomic E-state index is -0.511. The third-order valence-corrected chi connectivity index (χ3v) is 5.22. The summed E-state index contributed by atoms with van der Waals surface area (Å²) in [5.41, 5.74) is 9.30. The van der Waals surface area contributed by atoms with E-state index in [2.05, 4.69) is 36.2 Å². The van der Waals surface area contributed by atoms with E-state index in [4.69, 9.17) is 5.73 Å². The standard InChI is InChI=1S/C16H23N3O/c1-3-16(4-2)7-8-19(10-16)11-5-6-12-13(9-11)18-15(20)14(12)17/h5-6,9,14H,3-4,7-8,10,17H2,1-2H3,(H,18,20). The molecule has 1 aromatic carbocycles. The number of anilines is 2. The summed E-state index contributed by atoms with van der Waals surface area (Å²) in [6.45, 7) is 6.78. The number of amides is 1. The molecule has 108 valence electrons. The Morgan fingerprint density at radius 1 is 1.40 bits per heavy atom. The van der Waals surface area contributed by atoms with Crippen LogP contribution >= 0.6 is 0 Å². The molecule has 0 saturated carbocycles. The minimum absolute atomic E-state index is 0.102. The Kier molecular flexibility index (Phi) is 3.21. The molecule has 4 heteroatoms. The highest BCUT2D eigenvalue weighted by Crippen LogP contribution is 2.40. The molecule has 3 rings (SSSR count). The number of rotatable bonds is 3. The van der Waals surface area contributed by atoms with Crippen molar-refractivity contribution in [3.05, 3.63) is 23.8 Å². The molecule has 0 aliphatic carbocycles. The zero-order chi connectivity index (χ0) is 14.3. The Labute approximate surface area is 120 Å². The number of hydrogen-bond donors (Lipinski definition) is 2. The largest absolute Gasteiger partial charge is 0.371 e. The van der Waals surface area contributed by atoms with Gasteiger partial charge in [0, 0.05) is 30.0 Å². The van der Waals surface area contributed by atoms with E-state index >= 15 is 0 Å². The van der Waals surface area contributed by atoms with E-state index in [9.17, 15) is 4.79 Å². The van der Waals surface area contributed by atoms with Crippen molar-refractivity contribution in [1.82, 2.24) is 0 Å². The summed E-state index contributed by atoms with van der Waals surface area (Å²) < 4.78 is 0. The molecule has 4 nitrogen and oxygen atoms in total. The van der Waals surface area contributed by atoms with E-state index in [1.807, 2.05) is 6.07 Å². The molecule has 0 radical (unpaired) electrons. The van der Waals surface area contributed by atoms with Gasteiger partial charge in [-0.3, -0.25) is 4.79 Å². The third kappa shape index (κ3) is 1.99. The first-order valence-electron chi connectivity index (χ1n) is 7.54. The number of hydrogen-bond acceptors (Lipinski definition) is 3. The van der Waals surface area contributed by atoms with Gasteiger partial charge >= 0.3 is 0 Å². The molecular weight excluding hydrogens is 250 g/mol. The number of nitrogens with one attached hydrogen (secondary N) is 1. The monoisotopic (exact) mass is 273 g/mol. The lowest BCUT2D eigenvalue weighted by atomic mass is 9.82. The van der Waals surface area contributed by atoms with Crippen LogP contribution in [0.3, 0.4) is 0 Å². The van der Waals surface area contributed by atoms with Gasteiger partial charge in [0.05, 0.1) is 0 Å². The molecule has 20 heavy (non-hydrogen) atoms. The molecule has 1 amide bonds. The van der Waals surface area contributed by atoms with Crippen LogP contribution in [0.25, 0.3) is 0 Å². The van der Waals surface area contributed by atoms with Crippen molar-refractivity contribution in [2.45, 2.75) is 39.2 Å². The van der Waals surface area contributed by atoms with E-state index in [1.54, 1.807) is 0 Å². The molecule has 0 bridgehead atoms. The lowest BCUT2D eigenvalue weighted by molar-refractivity contribution is -0.116. The molecule has 1 saturated heterocycles. The molecular formula is C16H23N3O. The maximum atomic E-state index is 11.6. The van der Waals surface area contributed by atoms with Gasteiger partial charge in [-0.1, -0.05) is 19.9 Å². The molecule has 0 spiro atoms. The zero-order valence-electron chi connectivity index (χ0n) is 12.3. The molecule has 2 aliphatic rings. The predicted molar refractivity (Wildman–Crippen MR) is 81.8 cm³/mol. The van der Waals surface area contributed by atoms with Crippen LogP contribution in [0, 0.1) is 5.41 Å². The van der Waals surface area contributed by atoms with Crippen molar-refractivity contribution in [3.8, 4) is 0 Å². The van der Waals surface area contributed by atoms with Crippen LogP contribution in [0.15, 0.2) is 18.2 Å². The van der Waals surface area contributed by atoms with Gasteiger partial charge in [0.1, 0.15) is 6.04 Å². The Bertz CT molecular complexity index is 537. The van der Waals surface area contributed by atoms with Crippen LogP contribution in [-0.4, -0.2) is 19.0 Å². The average Bonchev–Trinajstić information content (AvgIpc) is 3.02. The summed E-state index contributed by atoms with van der Waals surface area (Å²) in [6, 6.07) is 5.65. The van der Waals surface area contributed by atoms with E-state index in [0.29, 0.717) is 5.41 Å². The van der Waals surface area contributed by atoms with Crippen LogP contribution in [0.5, 0.6) is 0 Å². The lowest BCUT2D eigenvalue weighted by Crippen LogP contribution is -2.26. The maximum Gasteiger partial charge on any atom is 0.245 e. The van der Waals surface area contributed by atoms with Crippen molar-refractivity contribution in [2.75, 3.05) is 23.3 Å². The van der Waals surface area contributed by atoms with Crippen LogP contribution < -0.4 is 16.0 Å². The lowest BCUT2D eigenvalue weighted by Gasteiger charge is -2.27. The van der Waals surface area contributed by atoms with Gasteiger partial charge in [-0.05, 0) is 36.8 Å². The molecule has 3 N–H and O–H groups in total. The first kappa shape index (κ1) is 13.4. The van der Waals surface area contributed by atoms with E-state index < -0.39 is 6.04 Å². The molecule has 1 aromatic rings. The first-order chi connectivity index (χ1) is 9.58. The number of nitrogens with two attached hydrogens (primary N) is 1. The van der Waals surface area contributed by atoms with Crippen molar-refractivity contribution in [1.29, 1.82) is 0 Å². The van der Waals surface area contributed by atoms with Gasteiger partial charge in [0.25, 0.3) is 0 Å². The van der Waals surface area contributed by atoms with Gasteiger partial charge < -0.3 is 16.0 Å². The van der Waals surface area contributed by atoms with Gasteiger partial charge in [-0.2, -0.15) is 0 Å². The molecule has 1 atom stereocenters. The number of carbonyl (C=O) groups excluding carboxylic acids is 1. The average molecular weight is 273 g/mol. The third-order valence-electron chi connectivity index (χ3n) is 5.22. The highest BCUT2D eigenvalue weighted by Gasteiger charge is 2.35. The summed E-state index contributed by atoms with van der Waals surface area (Å²) in [5.74, 6) is -0.102. The fraction of sp³-hybridized carbons (Fsp3) is 0.562. The molecule has 1 unspecified atom stereocenters. The summed E-state index contributed by atoms with van der Waals surface area (Å²) in [7, 11) is 0. The Balaban J connectivity index is 1.84. The summed E-state index contributed by atoms with van der Waals surface area (Å²) in [5, 5.41) is 2.87. The zero-order valence-corrected chi connectivity index (χ0v) is 12.3. The summed E-state index contributed by atoms with van der Waals surface area (Å²) in [6.07, 6.45) is 3.71. The fourth-order valence-corrected chi connectivity index (χ4v) is 3.45. The van der Waals surface area contributed by atoms with Gasteiger partial charge in [0.15, 0.2) is 0 Å². The highest BCUT2D eigenvalue weighted by atomic mass is 16.2. The van der Waals surface area contributed by atoms with Crippen LogP contribution in [0.2, 0.25) is 0 Å². The number of nitrogens with zero attached hydrogens (tertiary/aromatic N) is 1. The fourth-order valence-electron chi connectivity index (χ4n) is 3.45. The minimum Gasteiger partial charge on any atom is -0.371 e. The van der Waals surface area contributed by atoms with Crippen molar-refractivity contribution < 1.29 is 4.79 Å². The van der Waals surface area contributed by atoms with E-state index in [0.717, 1.165) is 24.3 Å². The molecule has 1 fully saturated rings. The predicted octanol–water partition coefficient (Wildman–Crippen LogP) is 2.66. The quantitative estimate of drug-likeness (QED) is 0.890. The Morgan fingerprint density at radius 2 is 2.15 bits per heavy atom. The SMILES string of the molecule is CCC1(CC)CCN(c2ccc3c(c2)NC(=O)C3N)C1. The Morgan fingerprint density at radius 3 is 2.80 bits per heavy atom. The first-order valence-corrected chi connectivity index (χ1v) is 7.54. The van der Waals surface area contributed by atoms with Crippen LogP contribution in [0.4, 0.5) is 11.4 Å². The smallest absolute Gasteiger partial charge is 0.245 e. The normalized spacial score (nSPS) is 23.9. The van der Waals surface area contributed by atoms with Gasteiger partial charge in [-0.25, -0.2) is 0 Å². The number of benzene rings is 1. The summed E-state index contributed by atoms with van der Waals surface area (Å²) in [4.78, 5) is 14.0. The van der Waals surface area contributed by atoms with Gasteiger partial charge in [-0.15, -0.1) is 0 Å². The molecule has 2 aliphatic heterocycles. The van der Waals surface area contributed by atoms with Crippen molar-refractivity contribution in [3.63, 3.8) is 0 Å². The number of fused-ring (bicyclic) bond motifs is 1. The van der Waals surface area contributed by atoms with E-state index in [1.165, 1.54) is 24.9 Å². The highest BCUT2D eigenvalue weighted by molar-refractivity contribution is 6.02. The van der Waals surface area contributed by atoms with Gasteiger partial charge in [0.2, 0.25) is 5.91 Å². The van der Waals surface area contributed by atoms with Crippen LogP contribution in [-0.2, 0) is 4.79 Å². The maximum absolute atomic E-state index is 11.6. The molecule has 2 heterocycles. The second kappa shape index (κ2) is 4.77. The van der Waals surface area contributed by atoms with Crippen molar-refractivity contribution in [2.24, 2.45) is 11.1 Å². The second-order valence-electron chi connectivity index (χ2n) is 6.12. The molecule has 0 aromatic heterocycles. The Hall–Kier alpha value is -1.55. The summed E-state index contributed by atoms with van der Waals surface area (Å²) >= 11 is 0. The number of carbonyl (C=O) groups is 1. The van der Waals surface area contributed by atoms with E-state index in [-0.39, 0.29) is 5.91 Å².